The zero-order valence-corrected chi connectivity index (χ0v) is 45.0. The fraction of sp³-hybridized carbons (Fsp3) is 0.792. The van der Waals surface area contributed by atoms with Crippen LogP contribution in [0.1, 0.15) is 103 Å². The van der Waals surface area contributed by atoms with Gasteiger partial charge in [0, 0.05) is 35.2 Å². The Balaban J connectivity index is 2.20. The molecule has 3 rings (SSSR count). The summed E-state index contributed by atoms with van der Waals surface area (Å²) in [5.74, 6) is -4.02. The Morgan fingerprint density at radius 2 is 0.836 bits per heavy atom. The van der Waals surface area contributed by atoms with Gasteiger partial charge in [0.15, 0.2) is 18.9 Å². The van der Waals surface area contributed by atoms with Crippen molar-refractivity contribution in [3.8, 4) is 0 Å². The minimum absolute atomic E-state index is 0.00463. The number of carbonyl (C=O) groups is 1. The van der Waals surface area contributed by atoms with Gasteiger partial charge in [-0.05, 0) is 76.7 Å². The third-order valence-corrected chi connectivity index (χ3v) is 14.8. The normalized spacial score (nSPS) is 37.1. The number of carboxylic acid groups (broad SMARTS) is 1. The van der Waals surface area contributed by atoms with Crippen LogP contribution in [0.2, 0.25) is 0 Å². The molecule has 0 bridgehead atoms. The fourth-order valence-electron chi connectivity index (χ4n) is 9.94. The van der Waals surface area contributed by atoms with Crippen molar-refractivity contribution < 1.29 is 99.6 Å². The summed E-state index contributed by atoms with van der Waals surface area (Å²) < 4.78 is 36.8. The van der Waals surface area contributed by atoms with Gasteiger partial charge in [-0.1, -0.05) is 85.3 Å². The van der Waals surface area contributed by atoms with E-state index in [0.29, 0.717) is 22.3 Å². The van der Waals surface area contributed by atoms with E-state index in [1.165, 1.54) is 26.8 Å². The number of hydrogen-bond donors (Lipinski definition) is 13. The van der Waals surface area contributed by atoms with Crippen LogP contribution in [-0.4, -0.2) is 202 Å². The Hall–Kier alpha value is -2.55. The van der Waals surface area contributed by atoms with Gasteiger partial charge in [-0.25, -0.2) is 4.79 Å². The Kier molecular flexibility index (Phi) is 25.5. The van der Waals surface area contributed by atoms with Crippen LogP contribution >= 0.6 is 0 Å². The number of carboxylic acids is 1. The van der Waals surface area contributed by atoms with Crippen molar-refractivity contribution in [3.63, 3.8) is 0 Å². The van der Waals surface area contributed by atoms with Crippen LogP contribution in [0.25, 0.3) is 0 Å². The van der Waals surface area contributed by atoms with Crippen molar-refractivity contribution in [1.29, 1.82) is 0 Å². The van der Waals surface area contributed by atoms with E-state index in [-0.39, 0.29) is 17.4 Å². The molecule has 0 spiro atoms. The lowest BCUT2D eigenvalue weighted by Crippen LogP contribution is -2.60. The number of aliphatic hydroxyl groups is 12. The summed E-state index contributed by atoms with van der Waals surface area (Å²) in [5, 5.41) is 139. The van der Waals surface area contributed by atoms with Crippen LogP contribution < -0.4 is 0 Å². The lowest BCUT2D eigenvalue weighted by Gasteiger charge is -2.42. The van der Waals surface area contributed by atoms with Crippen LogP contribution in [0.5, 0.6) is 0 Å². The van der Waals surface area contributed by atoms with E-state index in [1.807, 2.05) is 26.8 Å². The summed E-state index contributed by atoms with van der Waals surface area (Å²) in [4.78, 5) is 11.9. The standard InChI is InChI=1S/C53H90O20/c1-15-22(2)36(55)23(3)16-24(4)37(56)25(5)17-26(6)47(73-53-46(65)43(62)40(59)35(21-54)70-53)27(7)18-28(8)48(71-51-44(63)41(60)38(57)33(13)68-51)29(9)19-30(10)49(31(11)20-32(12)50(66)67)72-52-45(64)42(61)39(58)34(14)69-52/h16-20,22-23,25,27,29,31,33-49,51-65H,15,21H2,1-14H3,(H,66,67)/b24-16+,26-17+,28-18+,30-19+,32-20+/t22?,23?,25?,27-,29-,31-,33-,34+,35-,36?,37?,38-,39+,40-,41+,42-,43+,44+,45-,46+,47+,48+,49+,51+,52-,53+/m0/s1. The van der Waals surface area contributed by atoms with E-state index < -0.39 is 159 Å². The second-order valence-corrected chi connectivity index (χ2v) is 21.1. The molecule has 73 heavy (non-hydrogen) atoms. The molecule has 0 aromatic heterocycles. The average molecular weight is 1050 g/mol. The number of rotatable bonds is 24. The molecule has 3 aliphatic heterocycles. The molecule has 0 aromatic carbocycles. The Bertz CT molecular complexity index is 1890. The van der Waals surface area contributed by atoms with Crippen molar-refractivity contribution in [2.24, 2.45) is 35.5 Å². The zero-order chi connectivity index (χ0) is 55.7. The van der Waals surface area contributed by atoms with Crippen LogP contribution in [0.4, 0.5) is 0 Å². The van der Waals surface area contributed by atoms with Crippen LogP contribution in [0.15, 0.2) is 58.2 Å². The molecule has 0 aromatic rings. The van der Waals surface area contributed by atoms with Crippen LogP contribution in [0.3, 0.4) is 0 Å². The van der Waals surface area contributed by atoms with E-state index in [2.05, 4.69) is 0 Å². The number of aliphatic hydroxyl groups excluding tert-OH is 12. The highest BCUT2D eigenvalue weighted by Gasteiger charge is 2.47. The fourth-order valence-corrected chi connectivity index (χ4v) is 9.94. The summed E-state index contributed by atoms with van der Waals surface area (Å²) >= 11 is 0. The first-order valence-corrected chi connectivity index (χ1v) is 25.6. The topological polar surface area (TPSA) is 335 Å². The van der Waals surface area contributed by atoms with Crippen LogP contribution in [0, 0.1) is 35.5 Å². The third kappa shape index (κ3) is 16.7. The highest BCUT2D eigenvalue weighted by Crippen LogP contribution is 2.35. The maximum Gasteiger partial charge on any atom is 0.330 e. The van der Waals surface area contributed by atoms with Gasteiger partial charge in [0.25, 0.3) is 0 Å². The number of aliphatic carboxylic acids is 1. The predicted molar refractivity (Wildman–Crippen MR) is 267 cm³/mol. The second kappa shape index (κ2) is 28.7. The molecular formula is C53H90O20. The van der Waals surface area contributed by atoms with Gasteiger partial charge < -0.3 is 94.8 Å². The monoisotopic (exact) mass is 1050 g/mol. The Morgan fingerprint density at radius 1 is 0.493 bits per heavy atom. The first-order valence-electron chi connectivity index (χ1n) is 25.6. The van der Waals surface area contributed by atoms with Crippen molar-refractivity contribution in [2.45, 2.75) is 226 Å². The van der Waals surface area contributed by atoms with E-state index in [4.69, 9.17) is 28.4 Å². The molecule has 20 heteroatoms. The molecule has 20 nitrogen and oxygen atoms in total. The molecular weight excluding hydrogens is 957 g/mol. The molecule has 3 aliphatic rings. The summed E-state index contributed by atoms with van der Waals surface area (Å²) in [6, 6.07) is 0. The lowest BCUT2D eigenvalue weighted by atomic mass is 9.86. The Morgan fingerprint density at radius 3 is 1.21 bits per heavy atom. The van der Waals surface area contributed by atoms with Gasteiger partial charge >= 0.3 is 5.97 Å². The third-order valence-electron chi connectivity index (χ3n) is 14.8. The highest BCUT2D eigenvalue weighted by molar-refractivity contribution is 5.85. The summed E-state index contributed by atoms with van der Waals surface area (Å²) in [7, 11) is 0. The molecule has 3 saturated heterocycles. The van der Waals surface area contributed by atoms with E-state index >= 15 is 0 Å². The van der Waals surface area contributed by atoms with Crippen LogP contribution in [-0.2, 0) is 33.2 Å². The van der Waals surface area contributed by atoms with Crippen molar-refractivity contribution in [2.75, 3.05) is 6.61 Å². The van der Waals surface area contributed by atoms with Crippen molar-refractivity contribution in [1.82, 2.24) is 0 Å². The van der Waals surface area contributed by atoms with Gasteiger partial charge in [0.2, 0.25) is 0 Å². The average Bonchev–Trinajstić information content (AvgIpc) is 3.33. The molecule has 13 N–H and O–H groups in total. The van der Waals surface area contributed by atoms with Gasteiger partial charge in [0.05, 0.1) is 49.3 Å². The molecule has 3 heterocycles. The van der Waals surface area contributed by atoms with Gasteiger partial charge in [-0.15, -0.1) is 0 Å². The van der Waals surface area contributed by atoms with E-state index in [9.17, 15) is 71.2 Å². The summed E-state index contributed by atoms with van der Waals surface area (Å²) in [6.45, 7) is 23.5. The molecule has 0 aliphatic carbocycles. The minimum atomic E-state index is -1.77. The molecule has 0 saturated carbocycles. The van der Waals surface area contributed by atoms with Crippen molar-refractivity contribution >= 4 is 5.97 Å². The first-order chi connectivity index (χ1) is 33.9. The molecule has 26 atom stereocenters. The number of ether oxygens (including phenoxy) is 6. The highest BCUT2D eigenvalue weighted by atomic mass is 16.7. The van der Waals surface area contributed by atoms with E-state index in [0.717, 1.165) is 6.42 Å². The maximum atomic E-state index is 11.9. The van der Waals surface area contributed by atoms with Gasteiger partial charge in [0.1, 0.15) is 61.0 Å². The smallest absolute Gasteiger partial charge is 0.330 e. The predicted octanol–water partition coefficient (Wildman–Crippen LogP) is 1.36. The maximum absolute atomic E-state index is 11.9. The molecule has 0 amide bonds. The van der Waals surface area contributed by atoms with Gasteiger partial charge in [-0.3, -0.25) is 0 Å². The number of hydrogen-bond acceptors (Lipinski definition) is 19. The second-order valence-electron chi connectivity index (χ2n) is 21.1. The molecule has 422 valence electrons. The minimum Gasteiger partial charge on any atom is -0.478 e. The molecule has 0 radical (unpaired) electrons. The first kappa shape index (κ1) is 64.7. The quantitative estimate of drug-likeness (QED) is 0.0479. The largest absolute Gasteiger partial charge is 0.478 e. The lowest BCUT2D eigenvalue weighted by molar-refractivity contribution is -0.310. The van der Waals surface area contributed by atoms with E-state index in [1.54, 1.807) is 73.6 Å². The Labute approximate surface area is 430 Å². The molecule has 5 unspecified atom stereocenters. The SMILES string of the molecule is CCC(C)C(O)C(C)/C=C(\C)C(O)C(C)/C=C(\C)[C@@H](O[C@H]1O[C@@H](CO)[C@H](O)[C@@H](O)[C@H]1O)[C@@H](C)/C=C(\C)[C@@H](O[C@H]1O[C@@H](C)[C@H](O)[C@@H](O)[C@H]1O)[C@@H](C)/C=C(\C)[C@@H](O[C@@H]1O[C@H](C)[C@@H](O)[C@H](O)[C@@H]1O)[C@@H](C)/C=C(\C)C(=O)O. The zero-order valence-electron chi connectivity index (χ0n) is 45.0. The summed E-state index contributed by atoms with van der Waals surface area (Å²) in [6.07, 6.45) is -17.8. The molecule has 3 fully saturated rings. The summed E-state index contributed by atoms with van der Waals surface area (Å²) in [5.41, 5.74) is 2.13. The van der Waals surface area contributed by atoms with Crippen molar-refractivity contribution in [3.05, 3.63) is 58.2 Å². The van der Waals surface area contributed by atoms with Gasteiger partial charge in [-0.2, -0.15) is 0 Å².